The van der Waals surface area contributed by atoms with Crippen LogP contribution in [0.25, 0.3) is 0 Å². The van der Waals surface area contributed by atoms with Crippen molar-refractivity contribution in [3.05, 3.63) is 29.3 Å². The molecule has 1 rings (SSSR count). The molecule has 0 aromatic heterocycles. The van der Waals surface area contributed by atoms with Crippen molar-refractivity contribution in [1.82, 2.24) is 0 Å². The van der Waals surface area contributed by atoms with Gasteiger partial charge in [0.1, 0.15) is 6.07 Å². The Balaban J connectivity index is 3.04. The highest BCUT2D eigenvalue weighted by atomic mass is 79.9. The molecule has 0 spiro atoms. The molecule has 0 amide bonds. The lowest BCUT2D eigenvalue weighted by molar-refractivity contribution is 0.249. The largest absolute Gasteiger partial charge is 0.470 e. The number of rotatable bonds is 3. The van der Waals surface area contributed by atoms with Crippen molar-refractivity contribution in [2.45, 2.75) is 18.4 Å². The Bertz CT molecular complexity index is 380. The second-order valence-electron chi connectivity index (χ2n) is 2.91. The second-order valence-corrected chi connectivity index (χ2v) is 3.47. The van der Waals surface area contributed by atoms with Crippen LogP contribution >= 0.6 is 15.9 Å². The first kappa shape index (κ1) is 11.9. The number of ether oxygens (including phenoxy) is 1. The van der Waals surface area contributed by atoms with E-state index in [1.165, 1.54) is 6.92 Å². The van der Waals surface area contributed by atoms with Gasteiger partial charge in [0.25, 0.3) is 0 Å². The van der Waals surface area contributed by atoms with Gasteiger partial charge < -0.3 is 4.74 Å². The average Bonchev–Trinajstić information content (AvgIpc) is 2.22. The van der Waals surface area contributed by atoms with E-state index in [4.69, 9.17) is 10.00 Å². The van der Waals surface area contributed by atoms with E-state index in [0.29, 0.717) is 10.9 Å². The first-order valence-corrected chi connectivity index (χ1v) is 5.30. The Morgan fingerprint density at radius 2 is 2.00 bits per heavy atom. The minimum Gasteiger partial charge on any atom is -0.470 e. The molecule has 0 aliphatic carbocycles. The number of benzene rings is 1. The topological polar surface area (TPSA) is 33.0 Å². The minimum atomic E-state index is -0.885. The van der Waals surface area contributed by atoms with Crippen LogP contribution in [0.4, 0.5) is 8.78 Å². The van der Waals surface area contributed by atoms with Crippen molar-refractivity contribution >= 4 is 15.9 Å². The monoisotopic (exact) mass is 275 g/mol. The quantitative estimate of drug-likeness (QED) is 0.794. The summed E-state index contributed by atoms with van der Waals surface area (Å²) in [6.45, 7) is 1.41. The van der Waals surface area contributed by atoms with Gasteiger partial charge in [-0.25, -0.2) is 8.78 Å². The molecular weight excluding hydrogens is 268 g/mol. The van der Waals surface area contributed by atoms with Gasteiger partial charge in [-0.1, -0.05) is 15.9 Å². The normalized spacial score (nSPS) is 11.9. The summed E-state index contributed by atoms with van der Waals surface area (Å²) < 4.78 is 31.4. The molecule has 2 nitrogen and oxygen atoms in total. The van der Waals surface area contributed by atoms with Crippen molar-refractivity contribution in [2.75, 3.05) is 0 Å². The molecule has 0 saturated carbocycles. The molecule has 0 aliphatic heterocycles. The van der Waals surface area contributed by atoms with Crippen molar-refractivity contribution in [3.8, 4) is 11.8 Å². The van der Waals surface area contributed by atoms with Gasteiger partial charge in [0, 0.05) is 5.33 Å². The van der Waals surface area contributed by atoms with E-state index in [1.54, 1.807) is 6.07 Å². The van der Waals surface area contributed by atoms with E-state index in [2.05, 4.69) is 15.9 Å². The van der Waals surface area contributed by atoms with E-state index >= 15 is 0 Å². The van der Waals surface area contributed by atoms with Crippen LogP contribution in [0.3, 0.4) is 0 Å². The molecule has 1 aromatic carbocycles. The summed E-state index contributed by atoms with van der Waals surface area (Å²) in [5.41, 5.74) is 0.474. The van der Waals surface area contributed by atoms with Crippen LogP contribution in [0.2, 0.25) is 0 Å². The molecule has 0 bridgehead atoms. The molecule has 5 heteroatoms. The standard InChI is InChI=1S/C10H8BrF2NO/c1-6(5-14)15-10-8(12)2-7(4-11)3-9(10)13/h2-3,6H,4H2,1H3. The van der Waals surface area contributed by atoms with Gasteiger partial charge >= 0.3 is 0 Å². The molecule has 15 heavy (non-hydrogen) atoms. The third-order valence-electron chi connectivity index (χ3n) is 1.69. The number of alkyl halides is 1. The Morgan fingerprint density at radius 1 is 1.47 bits per heavy atom. The number of hydrogen-bond acceptors (Lipinski definition) is 2. The van der Waals surface area contributed by atoms with Crippen LogP contribution < -0.4 is 4.74 Å². The highest BCUT2D eigenvalue weighted by molar-refractivity contribution is 9.08. The van der Waals surface area contributed by atoms with Gasteiger partial charge in [-0.3, -0.25) is 0 Å². The predicted octanol–water partition coefficient (Wildman–Crippen LogP) is 3.15. The maximum Gasteiger partial charge on any atom is 0.192 e. The predicted molar refractivity (Wildman–Crippen MR) is 54.7 cm³/mol. The SMILES string of the molecule is CC(C#N)Oc1c(F)cc(CBr)cc1F. The third kappa shape index (κ3) is 2.90. The molecule has 0 fully saturated rings. The Labute approximate surface area is 94.6 Å². The van der Waals surface area contributed by atoms with Gasteiger partial charge in [-0.05, 0) is 24.6 Å². The molecule has 0 radical (unpaired) electrons. The molecule has 0 N–H and O–H groups in total. The Kier molecular flexibility index (Phi) is 4.04. The lowest BCUT2D eigenvalue weighted by Crippen LogP contribution is -2.11. The lowest BCUT2D eigenvalue weighted by atomic mass is 10.2. The first-order valence-electron chi connectivity index (χ1n) is 4.18. The van der Waals surface area contributed by atoms with E-state index in [9.17, 15) is 8.78 Å². The maximum atomic E-state index is 13.3. The molecule has 0 saturated heterocycles. The van der Waals surface area contributed by atoms with Gasteiger partial charge in [-0.15, -0.1) is 0 Å². The summed E-state index contributed by atoms with van der Waals surface area (Å²) in [6, 6.07) is 4.06. The van der Waals surface area contributed by atoms with Crippen LogP contribution in [0.1, 0.15) is 12.5 Å². The van der Waals surface area contributed by atoms with Crippen LogP contribution in [0.5, 0.6) is 5.75 Å². The number of nitriles is 1. The van der Waals surface area contributed by atoms with Crippen LogP contribution in [-0.2, 0) is 5.33 Å². The van der Waals surface area contributed by atoms with Gasteiger partial charge in [-0.2, -0.15) is 5.26 Å². The zero-order chi connectivity index (χ0) is 11.4. The van der Waals surface area contributed by atoms with Crippen LogP contribution in [0.15, 0.2) is 12.1 Å². The molecule has 1 unspecified atom stereocenters. The fraction of sp³-hybridized carbons (Fsp3) is 0.300. The smallest absolute Gasteiger partial charge is 0.192 e. The zero-order valence-electron chi connectivity index (χ0n) is 7.93. The highest BCUT2D eigenvalue weighted by Gasteiger charge is 2.14. The van der Waals surface area contributed by atoms with Crippen molar-refractivity contribution in [2.24, 2.45) is 0 Å². The average molecular weight is 276 g/mol. The molecule has 0 aliphatic rings. The minimum absolute atomic E-state index is 0.356. The van der Waals surface area contributed by atoms with Crippen molar-refractivity contribution in [3.63, 3.8) is 0 Å². The Morgan fingerprint density at radius 3 is 2.40 bits per heavy atom. The molecule has 80 valence electrons. The molecule has 1 atom stereocenters. The molecule has 1 aromatic rings. The molecule has 0 heterocycles. The second kappa shape index (κ2) is 5.08. The molecular formula is C10H8BrF2NO. The summed E-state index contributed by atoms with van der Waals surface area (Å²) in [7, 11) is 0. The number of nitrogens with zero attached hydrogens (tertiary/aromatic N) is 1. The summed E-state index contributed by atoms with van der Waals surface area (Å²) in [5.74, 6) is -2.10. The zero-order valence-corrected chi connectivity index (χ0v) is 9.51. The number of hydrogen-bond donors (Lipinski definition) is 0. The van der Waals surface area contributed by atoms with Gasteiger partial charge in [0.15, 0.2) is 23.5 Å². The van der Waals surface area contributed by atoms with Crippen LogP contribution in [0, 0.1) is 23.0 Å². The number of halogens is 3. The maximum absolute atomic E-state index is 13.3. The third-order valence-corrected chi connectivity index (χ3v) is 2.34. The summed E-state index contributed by atoms with van der Waals surface area (Å²) in [5, 5.41) is 8.81. The van der Waals surface area contributed by atoms with Crippen molar-refractivity contribution < 1.29 is 13.5 Å². The lowest BCUT2D eigenvalue weighted by Gasteiger charge is -2.10. The van der Waals surface area contributed by atoms with Gasteiger partial charge in [0.05, 0.1) is 0 Å². The fourth-order valence-corrected chi connectivity index (χ4v) is 1.33. The van der Waals surface area contributed by atoms with E-state index in [1.807, 2.05) is 0 Å². The van der Waals surface area contributed by atoms with Crippen LogP contribution in [-0.4, -0.2) is 6.10 Å². The first-order chi connectivity index (χ1) is 7.08. The summed E-state index contributed by atoms with van der Waals surface area (Å²) in [4.78, 5) is 0. The van der Waals surface area contributed by atoms with E-state index in [-0.39, 0.29) is 0 Å². The summed E-state index contributed by atoms with van der Waals surface area (Å²) in [6.07, 6.45) is -0.885. The summed E-state index contributed by atoms with van der Waals surface area (Å²) >= 11 is 3.09. The van der Waals surface area contributed by atoms with Gasteiger partial charge in [0.2, 0.25) is 0 Å². The highest BCUT2D eigenvalue weighted by Crippen LogP contribution is 2.25. The van der Waals surface area contributed by atoms with Crippen molar-refractivity contribution in [1.29, 1.82) is 5.26 Å². The van der Waals surface area contributed by atoms with E-state index < -0.39 is 23.5 Å². The van der Waals surface area contributed by atoms with E-state index in [0.717, 1.165) is 12.1 Å². The Hall–Kier alpha value is -1.15. The fourth-order valence-electron chi connectivity index (χ4n) is 1.01.